The van der Waals surface area contributed by atoms with Crippen molar-refractivity contribution in [3.05, 3.63) is 46.4 Å². The second kappa shape index (κ2) is 7.16. The summed E-state index contributed by atoms with van der Waals surface area (Å²) in [6, 6.07) is 8.45. The lowest BCUT2D eigenvalue weighted by molar-refractivity contribution is -0.123. The molecule has 1 aliphatic heterocycles. The van der Waals surface area contributed by atoms with Gasteiger partial charge in [-0.1, -0.05) is 49.3 Å². The van der Waals surface area contributed by atoms with Crippen LogP contribution in [0.5, 0.6) is 0 Å². The third-order valence-electron chi connectivity index (χ3n) is 7.01. The van der Waals surface area contributed by atoms with E-state index in [4.69, 9.17) is 4.98 Å². The van der Waals surface area contributed by atoms with Gasteiger partial charge in [0.2, 0.25) is 11.8 Å². The number of hydrogen-bond acceptors (Lipinski definition) is 4. The summed E-state index contributed by atoms with van der Waals surface area (Å²) in [7, 11) is 0. The van der Waals surface area contributed by atoms with Gasteiger partial charge in [0.25, 0.3) is 0 Å². The quantitative estimate of drug-likeness (QED) is 0.485. The molecule has 2 aliphatic carbocycles. The molecule has 0 radical (unpaired) electrons. The van der Waals surface area contributed by atoms with E-state index in [1.54, 1.807) is 0 Å². The Hall–Kier alpha value is -2.27. The standard InChI is InChI=1S/C25H28N2O2S/c1-13(2)11-15-5-7-16(8-6-15)19-12-30-25(26-19)27-23(28)21-17-9-10-18(20(17)14(3)4)22(21)24(27)29/h5-8,12-13,17-18,21-22H,9-11H2,1-4H3. The van der Waals surface area contributed by atoms with E-state index < -0.39 is 0 Å². The normalized spacial score (nSPS) is 27.5. The lowest BCUT2D eigenvalue weighted by Crippen LogP contribution is -2.33. The van der Waals surface area contributed by atoms with Crippen LogP contribution in [0.4, 0.5) is 5.13 Å². The summed E-state index contributed by atoms with van der Waals surface area (Å²) >= 11 is 1.39. The van der Waals surface area contributed by atoms with Gasteiger partial charge in [0, 0.05) is 10.9 Å². The number of benzene rings is 1. The number of carbonyl (C=O) groups excluding carboxylic acids is 2. The number of thiazole rings is 1. The number of rotatable bonds is 4. The number of hydrogen-bond donors (Lipinski definition) is 0. The molecule has 2 bridgehead atoms. The van der Waals surface area contributed by atoms with Crippen LogP contribution in [0.2, 0.25) is 0 Å². The third-order valence-corrected chi connectivity index (χ3v) is 7.83. The second-order valence-corrected chi connectivity index (χ2v) is 10.5. The molecule has 3 fully saturated rings. The van der Waals surface area contributed by atoms with E-state index in [0.29, 0.717) is 11.0 Å². The fraction of sp³-hybridized carbons (Fsp3) is 0.480. The first-order valence-electron chi connectivity index (χ1n) is 11.0. The molecule has 1 aromatic heterocycles. The van der Waals surface area contributed by atoms with Crippen molar-refractivity contribution in [3.8, 4) is 11.3 Å². The Morgan fingerprint density at radius 3 is 2.20 bits per heavy atom. The van der Waals surface area contributed by atoms with Crippen LogP contribution in [0.1, 0.15) is 46.1 Å². The Bertz CT molecular complexity index is 1010. The first kappa shape index (κ1) is 19.7. The molecule has 2 amide bonds. The third kappa shape index (κ3) is 2.89. The summed E-state index contributed by atoms with van der Waals surface area (Å²) in [4.78, 5) is 32.7. The van der Waals surface area contributed by atoms with Gasteiger partial charge in [-0.05, 0) is 56.4 Å². The average Bonchev–Trinajstić information content (AvgIpc) is 3.44. The van der Waals surface area contributed by atoms with E-state index in [1.807, 2.05) is 5.38 Å². The van der Waals surface area contributed by atoms with E-state index in [9.17, 15) is 9.59 Å². The zero-order valence-electron chi connectivity index (χ0n) is 18.0. The van der Waals surface area contributed by atoms with E-state index >= 15 is 0 Å². The maximum atomic E-state index is 13.3. The van der Waals surface area contributed by atoms with E-state index in [1.165, 1.54) is 32.9 Å². The maximum absolute atomic E-state index is 13.3. The monoisotopic (exact) mass is 420 g/mol. The Morgan fingerprint density at radius 1 is 1.07 bits per heavy atom. The average molecular weight is 421 g/mol. The Labute approximate surface area is 182 Å². The predicted molar refractivity (Wildman–Crippen MR) is 120 cm³/mol. The molecule has 156 valence electrons. The molecule has 4 unspecified atom stereocenters. The molecule has 0 N–H and O–H groups in total. The van der Waals surface area contributed by atoms with Gasteiger partial charge in [0.05, 0.1) is 17.5 Å². The highest BCUT2D eigenvalue weighted by Gasteiger charge is 2.64. The van der Waals surface area contributed by atoms with Crippen molar-refractivity contribution in [2.45, 2.75) is 47.0 Å². The van der Waals surface area contributed by atoms with Crippen LogP contribution in [0.3, 0.4) is 0 Å². The first-order valence-corrected chi connectivity index (χ1v) is 11.8. The van der Waals surface area contributed by atoms with Crippen molar-refractivity contribution in [3.63, 3.8) is 0 Å². The molecular formula is C25H28N2O2S. The van der Waals surface area contributed by atoms with Crippen LogP contribution in [-0.4, -0.2) is 16.8 Å². The summed E-state index contributed by atoms with van der Waals surface area (Å²) in [6.45, 7) is 8.67. The topological polar surface area (TPSA) is 50.3 Å². The molecule has 5 heteroatoms. The van der Waals surface area contributed by atoms with Gasteiger partial charge in [-0.15, -0.1) is 11.3 Å². The molecule has 5 rings (SSSR count). The van der Waals surface area contributed by atoms with Crippen molar-refractivity contribution in [2.24, 2.45) is 29.6 Å². The van der Waals surface area contributed by atoms with E-state index in [0.717, 1.165) is 30.5 Å². The maximum Gasteiger partial charge on any atom is 0.240 e. The zero-order valence-corrected chi connectivity index (χ0v) is 18.8. The lowest BCUT2D eigenvalue weighted by atomic mass is 9.81. The fourth-order valence-corrected chi connectivity index (χ4v) is 6.80. The second-order valence-electron chi connectivity index (χ2n) is 9.62. The van der Waals surface area contributed by atoms with E-state index in [2.05, 4.69) is 52.0 Å². The largest absolute Gasteiger partial charge is 0.274 e. The van der Waals surface area contributed by atoms with Gasteiger partial charge >= 0.3 is 0 Å². The van der Waals surface area contributed by atoms with Crippen LogP contribution < -0.4 is 4.90 Å². The number of nitrogens with zero attached hydrogens (tertiary/aromatic N) is 2. The number of imide groups is 1. The van der Waals surface area contributed by atoms with Gasteiger partial charge in [-0.3, -0.25) is 9.59 Å². The van der Waals surface area contributed by atoms with Crippen molar-refractivity contribution < 1.29 is 9.59 Å². The smallest absolute Gasteiger partial charge is 0.240 e. The summed E-state index contributed by atoms with van der Waals surface area (Å²) in [6.07, 6.45) is 3.12. The molecule has 2 aromatic rings. The number of allylic oxidation sites excluding steroid dienone is 2. The van der Waals surface area contributed by atoms with Crippen LogP contribution >= 0.6 is 11.3 Å². The molecule has 3 aliphatic rings. The minimum atomic E-state index is -0.177. The van der Waals surface area contributed by atoms with Crippen LogP contribution in [0, 0.1) is 29.6 Å². The Morgan fingerprint density at radius 2 is 1.67 bits per heavy atom. The minimum Gasteiger partial charge on any atom is -0.274 e. The highest BCUT2D eigenvalue weighted by Crippen LogP contribution is 2.60. The lowest BCUT2D eigenvalue weighted by Gasteiger charge is -2.18. The van der Waals surface area contributed by atoms with Crippen molar-refractivity contribution in [1.29, 1.82) is 0 Å². The van der Waals surface area contributed by atoms with Crippen molar-refractivity contribution >= 4 is 28.3 Å². The summed E-state index contributed by atoms with van der Waals surface area (Å²) in [5.41, 5.74) is 5.84. The van der Waals surface area contributed by atoms with Crippen molar-refractivity contribution in [2.75, 3.05) is 4.90 Å². The summed E-state index contributed by atoms with van der Waals surface area (Å²) in [5, 5.41) is 2.48. The number of fused-ring (bicyclic) bond motifs is 5. The van der Waals surface area contributed by atoms with Crippen LogP contribution in [-0.2, 0) is 16.0 Å². The number of anilines is 1. The predicted octanol–water partition coefficient (Wildman–Crippen LogP) is 5.49. The fourth-order valence-electron chi connectivity index (χ4n) is 5.96. The molecule has 0 spiro atoms. The van der Waals surface area contributed by atoms with Gasteiger partial charge in [0.1, 0.15) is 0 Å². The van der Waals surface area contributed by atoms with Crippen molar-refractivity contribution in [1.82, 2.24) is 4.98 Å². The highest BCUT2D eigenvalue weighted by molar-refractivity contribution is 7.14. The van der Waals surface area contributed by atoms with Gasteiger partial charge in [-0.2, -0.15) is 0 Å². The van der Waals surface area contributed by atoms with Gasteiger partial charge in [0.15, 0.2) is 5.13 Å². The van der Waals surface area contributed by atoms with Crippen LogP contribution in [0.25, 0.3) is 11.3 Å². The summed E-state index contributed by atoms with van der Waals surface area (Å²) < 4.78 is 0. The molecule has 1 saturated heterocycles. The van der Waals surface area contributed by atoms with Crippen LogP contribution in [0.15, 0.2) is 40.8 Å². The Kier molecular flexibility index (Phi) is 4.69. The molecular weight excluding hydrogens is 392 g/mol. The molecule has 30 heavy (non-hydrogen) atoms. The highest BCUT2D eigenvalue weighted by atomic mass is 32.1. The molecule has 2 saturated carbocycles. The van der Waals surface area contributed by atoms with E-state index in [-0.39, 0.29) is 35.5 Å². The molecule has 4 nitrogen and oxygen atoms in total. The van der Waals surface area contributed by atoms with Gasteiger partial charge < -0.3 is 0 Å². The Balaban J connectivity index is 1.41. The number of carbonyl (C=O) groups is 2. The molecule has 1 aromatic carbocycles. The van der Waals surface area contributed by atoms with Gasteiger partial charge in [-0.25, -0.2) is 9.88 Å². The number of amides is 2. The first-order chi connectivity index (χ1) is 14.4. The molecule has 4 atom stereocenters. The molecule has 2 heterocycles. The number of aromatic nitrogens is 1. The summed E-state index contributed by atoms with van der Waals surface area (Å²) in [5.74, 6) is 0.690. The SMILES string of the molecule is CC(C)=C1C2CCC1C1C(=O)N(c3nc(-c4ccc(CC(C)C)cc4)cs3)C(=O)C21. The minimum absolute atomic E-state index is 0.0378. The zero-order chi connectivity index (χ0) is 21.2.